The molecule has 0 fully saturated rings. The van der Waals surface area contributed by atoms with Crippen LogP contribution in [0.1, 0.15) is 13.8 Å². The van der Waals surface area contributed by atoms with Crippen LogP contribution in [0, 0.1) is 5.82 Å². The zero-order chi connectivity index (χ0) is 14.5. The number of hydrogen-bond donors (Lipinski definition) is 1. The van der Waals surface area contributed by atoms with Gasteiger partial charge in [-0.05, 0) is 47.2 Å². The molecule has 0 radical (unpaired) electrons. The predicted octanol–water partition coefficient (Wildman–Crippen LogP) is 2.21. The molecule has 4 nitrogen and oxygen atoms in total. The quantitative estimate of drug-likeness (QED) is 0.818. The third-order valence-corrected chi connectivity index (χ3v) is 4.92. The molecule has 0 amide bonds. The molecule has 0 bridgehead atoms. The first-order valence-corrected chi connectivity index (χ1v) is 8.35. The van der Waals surface area contributed by atoms with Gasteiger partial charge in [0.25, 0.3) is 0 Å². The van der Waals surface area contributed by atoms with Gasteiger partial charge in [0.05, 0.1) is 9.37 Å². The van der Waals surface area contributed by atoms with E-state index in [1.807, 2.05) is 13.8 Å². The number of halogens is 2. The van der Waals surface area contributed by atoms with Crippen LogP contribution in [0.15, 0.2) is 27.6 Å². The largest absolute Gasteiger partial charge is 0.303 e. The highest BCUT2D eigenvalue weighted by molar-refractivity contribution is 9.10. The van der Waals surface area contributed by atoms with Crippen molar-refractivity contribution in [1.82, 2.24) is 9.62 Å². The fourth-order valence-corrected chi connectivity index (χ4v) is 2.88. The average Bonchev–Trinajstić information content (AvgIpc) is 2.37. The highest BCUT2D eigenvalue weighted by Crippen LogP contribution is 2.19. The van der Waals surface area contributed by atoms with E-state index in [2.05, 4.69) is 25.6 Å². The molecule has 0 aliphatic heterocycles. The second-order valence-corrected chi connectivity index (χ2v) is 6.62. The number of rotatable bonds is 7. The molecule has 0 spiro atoms. The van der Waals surface area contributed by atoms with E-state index in [-0.39, 0.29) is 9.37 Å². The van der Waals surface area contributed by atoms with Crippen molar-refractivity contribution in [3.05, 3.63) is 28.5 Å². The summed E-state index contributed by atoms with van der Waals surface area (Å²) in [6, 6.07) is 3.75. The number of hydrogen-bond acceptors (Lipinski definition) is 3. The Labute approximate surface area is 122 Å². The zero-order valence-electron chi connectivity index (χ0n) is 11.0. The molecular weight excluding hydrogens is 335 g/mol. The zero-order valence-corrected chi connectivity index (χ0v) is 13.4. The van der Waals surface area contributed by atoms with Crippen molar-refractivity contribution >= 4 is 26.0 Å². The first-order valence-electron chi connectivity index (χ1n) is 6.07. The lowest BCUT2D eigenvalue weighted by atomic mass is 10.3. The molecule has 108 valence electrons. The van der Waals surface area contributed by atoms with E-state index in [0.29, 0.717) is 13.1 Å². The summed E-state index contributed by atoms with van der Waals surface area (Å²) in [6.45, 7) is 6.70. The fraction of sp³-hybridized carbons (Fsp3) is 0.500. The fourth-order valence-electron chi connectivity index (χ4n) is 1.61. The Hall–Kier alpha value is -0.500. The number of likely N-dealkylation sites (N-methyl/N-ethyl adjacent to an activating group) is 1. The van der Waals surface area contributed by atoms with Gasteiger partial charge in [-0.15, -0.1) is 0 Å². The number of nitrogens with one attached hydrogen (secondary N) is 1. The van der Waals surface area contributed by atoms with Gasteiger partial charge in [-0.25, -0.2) is 17.5 Å². The third-order valence-electron chi connectivity index (χ3n) is 2.82. The van der Waals surface area contributed by atoms with Crippen LogP contribution in [0.5, 0.6) is 0 Å². The van der Waals surface area contributed by atoms with Crippen molar-refractivity contribution in [1.29, 1.82) is 0 Å². The van der Waals surface area contributed by atoms with E-state index in [1.165, 1.54) is 12.1 Å². The van der Waals surface area contributed by atoms with Crippen molar-refractivity contribution in [2.45, 2.75) is 18.7 Å². The van der Waals surface area contributed by atoms with Crippen LogP contribution in [-0.2, 0) is 10.0 Å². The lowest BCUT2D eigenvalue weighted by Gasteiger charge is -2.18. The van der Waals surface area contributed by atoms with Crippen molar-refractivity contribution in [2.75, 3.05) is 26.2 Å². The van der Waals surface area contributed by atoms with Crippen molar-refractivity contribution < 1.29 is 12.8 Å². The Kier molecular flexibility index (Phi) is 6.38. The summed E-state index contributed by atoms with van der Waals surface area (Å²) in [5, 5.41) is 0. The minimum atomic E-state index is -3.65. The first kappa shape index (κ1) is 16.6. The van der Waals surface area contributed by atoms with Gasteiger partial charge in [-0.2, -0.15) is 0 Å². The number of benzene rings is 1. The normalized spacial score (nSPS) is 12.1. The summed E-state index contributed by atoms with van der Waals surface area (Å²) in [5.41, 5.74) is 0. The maximum atomic E-state index is 13.3. The maximum absolute atomic E-state index is 13.3. The van der Waals surface area contributed by atoms with Crippen molar-refractivity contribution in [2.24, 2.45) is 0 Å². The molecule has 19 heavy (non-hydrogen) atoms. The van der Waals surface area contributed by atoms with Gasteiger partial charge in [0.15, 0.2) is 0 Å². The molecule has 1 aromatic rings. The lowest BCUT2D eigenvalue weighted by molar-refractivity contribution is 0.309. The van der Waals surface area contributed by atoms with Crippen LogP contribution in [0.3, 0.4) is 0 Å². The smallest absolute Gasteiger partial charge is 0.240 e. The van der Waals surface area contributed by atoms with Gasteiger partial charge in [0.1, 0.15) is 5.82 Å². The van der Waals surface area contributed by atoms with Gasteiger partial charge < -0.3 is 4.90 Å². The predicted molar refractivity (Wildman–Crippen MR) is 77.1 cm³/mol. The molecule has 0 atom stereocenters. The minimum absolute atomic E-state index is 0.0623. The van der Waals surface area contributed by atoms with Crippen LogP contribution in [-0.4, -0.2) is 39.5 Å². The van der Waals surface area contributed by atoms with Crippen molar-refractivity contribution in [3.8, 4) is 0 Å². The van der Waals surface area contributed by atoms with E-state index in [0.717, 1.165) is 19.2 Å². The van der Waals surface area contributed by atoms with Crippen LogP contribution in [0.25, 0.3) is 0 Å². The summed E-state index contributed by atoms with van der Waals surface area (Å²) in [6.07, 6.45) is 0. The van der Waals surface area contributed by atoms with Crippen LogP contribution in [0.2, 0.25) is 0 Å². The second kappa shape index (κ2) is 7.33. The molecule has 1 rings (SSSR count). The Morgan fingerprint density at radius 3 is 2.47 bits per heavy atom. The molecule has 0 aliphatic rings. The Balaban J connectivity index is 2.68. The van der Waals surface area contributed by atoms with Gasteiger partial charge in [0, 0.05) is 13.1 Å². The second-order valence-electron chi connectivity index (χ2n) is 4.00. The molecule has 0 aromatic heterocycles. The average molecular weight is 353 g/mol. The maximum Gasteiger partial charge on any atom is 0.240 e. The number of nitrogens with zero attached hydrogens (tertiary/aromatic N) is 1. The number of sulfonamides is 1. The Bertz CT molecular complexity index is 518. The molecule has 1 N–H and O–H groups in total. The van der Waals surface area contributed by atoms with E-state index in [1.54, 1.807) is 0 Å². The molecule has 0 heterocycles. The highest BCUT2D eigenvalue weighted by Gasteiger charge is 2.15. The topological polar surface area (TPSA) is 49.4 Å². The molecule has 1 aromatic carbocycles. The summed E-state index contributed by atoms with van der Waals surface area (Å²) >= 11 is 2.99. The monoisotopic (exact) mass is 352 g/mol. The van der Waals surface area contributed by atoms with E-state index in [9.17, 15) is 12.8 Å². The van der Waals surface area contributed by atoms with Gasteiger partial charge in [-0.1, -0.05) is 13.8 Å². The summed E-state index contributed by atoms with van der Waals surface area (Å²) in [4.78, 5) is 2.04. The summed E-state index contributed by atoms with van der Waals surface area (Å²) in [7, 11) is -3.65. The minimum Gasteiger partial charge on any atom is -0.303 e. The third kappa shape index (κ3) is 4.83. The lowest BCUT2D eigenvalue weighted by Crippen LogP contribution is -2.34. The Morgan fingerprint density at radius 2 is 1.95 bits per heavy atom. The molecule has 0 saturated carbocycles. The molecule has 0 saturated heterocycles. The molecular formula is C12H18BrFN2O2S. The van der Waals surface area contributed by atoms with E-state index in [4.69, 9.17) is 0 Å². The first-order chi connectivity index (χ1) is 8.90. The SMILES string of the molecule is CCN(CC)CCNS(=O)(=O)c1ccc(Br)c(F)c1. The Morgan fingerprint density at radius 1 is 1.32 bits per heavy atom. The van der Waals surface area contributed by atoms with E-state index < -0.39 is 15.8 Å². The van der Waals surface area contributed by atoms with Gasteiger partial charge in [-0.3, -0.25) is 0 Å². The molecule has 0 aliphatic carbocycles. The van der Waals surface area contributed by atoms with E-state index >= 15 is 0 Å². The summed E-state index contributed by atoms with van der Waals surface area (Å²) in [5.74, 6) is -0.591. The van der Waals surface area contributed by atoms with Gasteiger partial charge >= 0.3 is 0 Å². The molecule has 0 unspecified atom stereocenters. The van der Waals surface area contributed by atoms with Gasteiger partial charge in [0.2, 0.25) is 10.0 Å². The summed E-state index contributed by atoms with van der Waals surface area (Å²) < 4.78 is 39.9. The van der Waals surface area contributed by atoms with Crippen LogP contribution in [0.4, 0.5) is 4.39 Å². The highest BCUT2D eigenvalue weighted by atomic mass is 79.9. The standard InChI is InChI=1S/C12H18BrFN2O2S/c1-3-16(4-2)8-7-15-19(17,18)10-5-6-11(13)12(14)9-10/h5-6,9,15H,3-4,7-8H2,1-2H3. The van der Waals surface area contributed by atoms with Crippen molar-refractivity contribution in [3.63, 3.8) is 0 Å². The van der Waals surface area contributed by atoms with Crippen LogP contribution >= 0.6 is 15.9 Å². The van der Waals surface area contributed by atoms with Crippen LogP contribution < -0.4 is 4.72 Å². The molecule has 7 heteroatoms.